The Morgan fingerprint density at radius 3 is 1.61 bits per heavy atom. The minimum atomic E-state index is -1.62. The maximum Gasteiger partial charge on any atom is 0.186 e. The average molecular weight is 555 g/mol. The predicted molar refractivity (Wildman–Crippen MR) is 135 cm³/mol. The largest absolute Gasteiger partial charge is 0.394 e. The lowest BCUT2D eigenvalue weighted by Gasteiger charge is -2.42. The van der Waals surface area contributed by atoms with Gasteiger partial charge in [-0.2, -0.15) is 0 Å². The van der Waals surface area contributed by atoms with Gasteiger partial charge in [-0.3, -0.25) is 0 Å². The van der Waals surface area contributed by atoms with Crippen molar-refractivity contribution >= 4 is 0 Å². The zero-order chi connectivity index (χ0) is 27.9. The van der Waals surface area contributed by atoms with E-state index in [4.69, 9.17) is 23.7 Å². The fourth-order valence-electron chi connectivity index (χ4n) is 4.60. The molecule has 2 saturated heterocycles. The Bertz CT molecular complexity index is 597. The Hall–Kier alpha value is -0.480. The highest BCUT2D eigenvalue weighted by Crippen LogP contribution is 2.26. The van der Waals surface area contributed by atoms with E-state index in [0.29, 0.717) is 6.61 Å². The van der Waals surface area contributed by atoms with Crippen LogP contribution in [0.2, 0.25) is 0 Å². The second-order valence-corrected chi connectivity index (χ2v) is 10.2. The van der Waals surface area contributed by atoms with E-state index in [0.717, 1.165) is 12.8 Å². The SMILES string of the molecule is CCCCCCCCCCCCOCCO[C@@H]1O[C@H](CO[C@@H]2O[C@H](CO)[C@H](O)[C@H](O)[C@H]2O)[C@@H](O)[C@H](O)[C@H]1O. The second-order valence-electron chi connectivity index (χ2n) is 10.2. The van der Waals surface area contributed by atoms with Crippen LogP contribution in [0.15, 0.2) is 0 Å². The van der Waals surface area contributed by atoms with Gasteiger partial charge in [0, 0.05) is 6.61 Å². The highest BCUT2D eigenvalue weighted by atomic mass is 16.7. The highest BCUT2D eigenvalue weighted by molar-refractivity contribution is 4.91. The van der Waals surface area contributed by atoms with Crippen LogP contribution in [-0.2, 0) is 23.7 Å². The summed E-state index contributed by atoms with van der Waals surface area (Å²) in [4.78, 5) is 0. The molecule has 0 aromatic carbocycles. The molecule has 38 heavy (non-hydrogen) atoms. The number of ether oxygens (including phenoxy) is 5. The summed E-state index contributed by atoms with van der Waals surface area (Å²) in [6, 6.07) is 0. The minimum Gasteiger partial charge on any atom is -0.394 e. The summed E-state index contributed by atoms with van der Waals surface area (Å²) in [6.07, 6.45) is -1.97. The van der Waals surface area contributed by atoms with Crippen LogP contribution in [0.1, 0.15) is 71.1 Å². The molecule has 0 aliphatic carbocycles. The molecule has 12 heteroatoms. The topological polar surface area (TPSA) is 188 Å². The molecule has 2 heterocycles. The number of hydrogen-bond acceptors (Lipinski definition) is 12. The van der Waals surface area contributed by atoms with Crippen LogP contribution < -0.4 is 0 Å². The standard InChI is InChI=1S/C26H50O12/c1-2-3-4-5-6-7-8-9-10-11-12-34-13-14-35-25-23(32)22(31)20(29)18(38-25)16-36-26-24(33)21(30)19(28)17(15-27)37-26/h17-33H,2-16H2,1H3/t17-,18-,19+,20-,21+,22+,23-,24-,25-,26-/m1/s1. The molecule has 2 rings (SSSR count). The molecule has 226 valence electrons. The Balaban J connectivity index is 1.61. The summed E-state index contributed by atoms with van der Waals surface area (Å²) >= 11 is 0. The van der Waals surface area contributed by atoms with Gasteiger partial charge >= 0.3 is 0 Å². The molecular formula is C26H50O12. The minimum absolute atomic E-state index is 0.0998. The quantitative estimate of drug-likeness (QED) is 0.102. The van der Waals surface area contributed by atoms with Crippen molar-refractivity contribution in [3.05, 3.63) is 0 Å². The number of hydrogen-bond donors (Lipinski definition) is 7. The van der Waals surface area contributed by atoms with Gasteiger partial charge in [0.15, 0.2) is 12.6 Å². The van der Waals surface area contributed by atoms with Crippen molar-refractivity contribution in [3.8, 4) is 0 Å². The normalized spacial score (nSPS) is 36.0. The van der Waals surface area contributed by atoms with Crippen molar-refractivity contribution in [1.82, 2.24) is 0 Å². The Morgan fingerprint density at radius 2 is 1.03 bits per heavy atom. The first-order valence-electron chi connectivity index (χ1n) is 14.1. The first-order valence-corrected chi connectivity index (χ1v) is 14.1. The van der Waals surface area contributed by atoms with Gasteiger partial charge in [0.2, 0.25) is 0 Å². The van der Waals surface area contributed by atoms with Crippen molar-refractivity contribution < 1.29 is 59.4 Å². The van der Waals surface area contributed by atoms with Crippen LogP contribution in [0.5, 0.6) is 0 Å². The molecule has 0 unspecified atom stereocenters. The molecule has 10 atom stereocenters. The van der Waals surface area contributed by atoms with Crippen molar-refractivity contribution in [3.63, 3.8) is 0 Å². The molecule has 0 aromatic heterocycles. The molecule has 0 amide bonds. The first-order chi connectivity index (χ1) is 18.3. The van der Waals surface area contributed by atoms with Crippen LogP contribution in [0.3, 0.4) is 0 Å². The maximum absolute atomic E-state index is 10.3. The van der Waals surface area contributed by atoms with E-state index in [1.807, 2.05) is 0 Å². The fourth-order valence-corrected chi connectivity index (χ4v) is 4.60. The molecular weight excluding hydrogens is 504 g/mol. The van der Waals surface area contributed by atoms with E-state index in [1.54, 1.807) is 0 Å². The summed E-state index contributed by atoms with van der Waals surface area (Å²) in [5, 5.41) is 69.8. The van der Waals surface area contributed by atoms with Crippen LogP contribution >= 0.6 is 0 Å². The van der Waals surface area contributed by atoms with Crippen molar-refractivity contribution in [2.24, 2.45) is 0 Å². The van der Waals surface area contributed by atoms with E-state index in [9.17, 15) is 35.7 Å². The Kier molecular flexibility index (Phi) is 16.7. The summed E-state index contributed by atoms with van der Waals surface area (Å²) in [5.41, 5.74) is 0. The smallest absolute Gasteiger partial charge is 0.186 e. The third kappa shape index (κ3) is 10.8. The van der Waals surface area contributed by atoms with E-state index >= 15 is 0 Å². The highest BCUT2D eigenvalue weighted by Gasteiger charge is 2.47. The van der Waals surface area contributed by atoms with Crippen LogP contribution in [0.25, 0.3) is 0 Å². The van der Waals surface area contributed by atoms with Crippen LogP contribution in [0, 0.1) is 0 Å². The van der Waals surface area contributed by atoms with Gasteiger partial charge in [-0.15, -0.1) is 0 Å². The van der Waals surface area contributed by atoms with Gasteiger partial charge in [0.05, 0.1) is 26.4 Å². The molecule has 12 nitrogen and oxygen atoms in total. The lowest BCUT2D eigenvalue weighted by molar-refractivity contribution is -0.331. The summed E-state index contributed by atoms with van der Waals surface area (Å²) in [5.74, 6) is 0. The van der Waals surface area contributed by atoms with Gasteiger partial charge < -0.3 is 59.4 Å². The molecule has 0 aromatic rings. The molecule has 0 saturated carbocycles. The monoisotopic (exact) mass is 554 g/mol. The van der Waals surface area contributed by atoms with Gasteiger partial charge in [-0.05, 0) is 6.42 Å². The predicted octanol–water partition coefficient (Wildman–Crippen LogP) is -0.435. The van der Waals surface area contributed by atoms with Crippen LogP contribution in [-0.4, -0.2) is 130 Å². The molecule has 0 bridgehead atoms. The number of rotatable bonds is 19. The lowest BCUT2D eigenvalue weighted by Crippen LogP contribution is -2.61. The molecule has 2 fully saturated rings. The number of aliphatic hydroxyl groups excluding tert-OH is 7. The molecule has 7 N–H and O–H groups in total. The van der Waals surface area contributed by atoms with Gasteiger partial charge in [0.1, 0.15) is 48.8 Å². The van der Waals surface area contributed by atoms with Gasteiger partial charge in [-0.1, -0.05) is 64.7 Å². The second kappa shape index (κ2) is 18.8. The summed E-state index contributed by atoms with van der Waals surface area (Å²) in [7, 11) is 0. The van der Waals surface area contributed by atoms with Crippen LogP contribution in [0.4, 0.5) is 0 Å². The zero-order valence-electron chi connectivity index (χ0n) is 22.6. The van der Waals surface area contributed by atoms with E-state index in [1.165, 1.54) is 51.4 Å². The Morgan fingerprint density at radius 1 is 0.526 bits per heavy atom. The fraction of sp³-hybridized carbons (Fsp3) is 1.00. The van der Waals surface area contributed by atoms with E-state index in [-0.39, 0.29) is 13.2 Å². The summed E-state index contributed by atoms with van der Waals surface area (Å²) in [6.45, 7) is 2.18. The maximum atomic E-state index is 10.3. The van der Waals surface area contributed by atoms with E-state index < -0.39 is 74.6 Å². The third-order valence-electron chi connectivity index (χ3n) is 7.09. The van der Waals surface area contributed by atoms with E-state index in [2.05, 4.69) is 6.92 Å². The average Bonchev–Trinajstić information content (AvgIpc) is 2.92. The molecule has 0 radical (unpaired) electrons. The number of unbranched alkanes of at least 4 members (excludes halogenated alkanes) is 9. The number of aliphatic hydroxyl groups is 7. The van der Waals surface area contributed by atoms with Crippen molar-refractivity contribution in [1.29, 1.82) is 0 Å². The van der Waals surface area contributed by atoms with Crippen molar-refractivity contribution in [2.75, 3.05) is 33.0 Å². The zero-order valence-corrected chi connectivity index (χ0v) is 22.6. The lowest BCUT2D eigenvalue weighted by atomic mass is 9.98. The third-order valence-corrected chi connectivity index (χ3v) is 7.09. The molecule has 0 spiro atoms. The Labute approximate surface area is 225 Å². The van der Waals surface area contributed by atoms with Crippen molar-refractivity contribution in [2.45, 2.75) is 133 Å². The van der Waals surface area contributed by atoms with Gasteiger partial charge in [0.25, 0.3) is 0 Å². The summed E-state index contributed by atoms with van der Waals surface area (Å²) < 4.78 is 27.3. The first kappa shape index (κ1) is 33.7. The molecule has 2 aliphatic heterocycles. The molecule has 2 aliphatic rings. The van der Waals surface area contributed by atoms with Gasteiger partial charge in [-0.25, -0.2) is 0 Å².